The molecule has 1 fully saturated rings. The topological polar surface area (TPSA) is 73.3 Å². The van der Waals surface area contributed by atoms with Crippen molar-refractivity contribution in [1.82, 2.24) is 9.55 Å². The third-order valence-corrected chi connectivity index (χ3v) is 5.32. The van der Waals surface area contributed by atoms with Gasteiger partial charge in [0.25, 0.3) is 5.56 Å². The number of H-pyrrole nitrogens is 1. The van der Waals surface area contributed by atoms with Crippen molar-refractivity contribution >= 4 is 21.8 Å². The van der Waals surface area contributed by atoms with Crippen LogP contribution in [-0.4, -0.2) is 29.1 Å². The fourth-order valence-electron chi connectivity index (χ4n) is 3.78. The van der Waals surface area contributed by atoms with Crippen LogP contribution in [0.4, 0.5) is 8.78 Å². The Morgan fingerprint density at radius 1 is 0.906 bits per heavy atom. The molecule has 0 atom stereocenters. The van der Waals surface area contributed by atoms with Gasteiger partial charge in [-0.1, -0.05) is 0 Å². The molecule has 2 aromatic carbocycles. The molecule has 0 amide bonds. The van der Waals surface area contributed by atoms with Gasteiger partial charge in [-0.2, -0.15) is 0 Å². The van der Waals surface area contributed by atoms with Crippen LogP contribution >= 0.6 is 0 Å². The number of pyridine rings is 2. The molecule has 0 saturated carbocycles. The van der Waals surface area contributed by atoms with Gasteiger partial charge in [0, 0.05) is 22.9 Å². The van der Waals surface area contributed by atoms with Crippen LogP contribution in [-0.2, 0) is 16.0 Å². The van der Waals surface area contributed by atoms with Crippen LogP contribution in [0.2, 0.25) is 0 Å². The Labute approximate surface area is 182 Å². The normalized spacial score (nSPS) is 14.0. The molecule has 32 heavy (non-hydrogen) atoms. The summed E-state index contributed by atoms with van der Waals surface area (Å²) in [6.07, 6.45) is -0.438. The summed E-state index contributed by atoms with van der Waals surface area (Å²) in [6, 6.07) is 11.9. The molecule has 1 aliphatic rings. The van der Waals surface area contributed by atoms with Gasteiger partial charge in [0.05, 0.1) is 30.8 Å². The third-order valence-electron chi connectivity index (χ3n) is 5.32. The quantitative estimate of drug-likeness (QED) is 0.515. The van der Waals surface area contributed by atoms with Gasteiger partial charge < -0.3 is 19.0 Å². The van der Waals surface area contributed by atoms with Crippen molar-refractivity contribution in [3.05, 3.63) is 92.0 Å². The Morgan fingerprint density at radius 3 is 2.25 bits per heavy atom. The lowest BCUT2D eigenvalue weighted by molar-refractivity contribution is -0.0522. The Balaban J connectivity index is 0.000000165. The molecule has 1 N–H and O–H groups in total. The second-order valence-corrected chi connectivity index (χ2v) is 7.62. The molecule has 4 aromatic rings. The van der Waals surface area contributed by atoms with Crippen LogP contribution in [0.5, 0.6) is 0 Å². The van der Waals surface area contributed by atoms with E-state index < -0.39 is 6.29 Å². The number of nitrogens with zero attached hydrogens (tertiary/aromatic N) is 1. The van der Waals surface area contributed by atoms with E-state index in [4.69, 9.17) is 9.47 Å². The van der Waals surface area contributed by atoms with E-state index in [0.717, 1.165) is 21.9 Å². The van der Waals surface area contributed by atoms with Crippen LogP contribution < -0.4 is 11.1 Å². The number of aromatic nitrogens is 2. The van der Waals surface area contributed by atoms with Crippen LogP contribution in [0.1, 0.15) is 11.1 Å². The van der Waals surface area contributed by atoms with Gasteiger partial charge >= 0.3 is 0 Å². The minimum Gasteiger partial charge on any atom is -0.348 e. The number of halogens is 2. The highest BCUT2D eigenvalue weighted by molar-refractivity contribution is 5.82. The number of hydrogen-bond donors (Lipinski definition) is 1. The maximum absolute atomic E-state index is 13.4. The van der Waals surface area contributed by atoms with E-state index in [1.54, 1.807) is 18.2 Å². The Hall–Kier alpha value is -3.36. The maximum atomic E-state index is 13.4. The molecule has 1 saturated heterocycles. The lowest BCUT2D eigenvalue weighted by Gasteiger charge is -2.15. The third kappa shape index (κ3) is 4.61. The molecule has 0 radical (unpaired) electrons. The first kappa shape index (κ1) is 21.9. The van der Waals surface area contributed by atoms with Crippen molar-refractivity contribution in [3.63, 3.8) is 0 Å². The highest BCUT2D eigenvalue weighted by Crippen LogP contribution is 2.19. The minimum absolute atomic E-state index is 0.172. The molecule has 0 aliphatic carbocycles. The minimum atomic E-state index is -0.438. The molecule has 0 unspecified atom stereocenters. The molecule has 0 bridgehead atoms. The van der Waals surface area contributed by atoms with Crippen molar-refractivity contribution in [2.45, 2.75) is 26.7 Å². The first-order chi connectivity index (χ1) is 15.3. The van der Waals surface area contributed by atoms with Crippen molar-refractivity contribution < 1.29 is 18.3 Å². The summed E-state index contributed by atoms with van der Waals surface area (Å²) in [4.78, 5) is 25.7. The van der Waals surface area contributed by atoms with E-state index >= 15 is 0 Å². The second kappa shape index (κ2) is 9.02. The molecule has 0 spiro atoms. The first-order valence-corrected chi connectivity index (χ1v) is 10.1. The summed E-state index contributed by atoms with van der Waals surface area (Å²) < 4.78 is 38.4. The number of aromatic amines is 1. The molecule has 2 aromatic heterocycles. The lowest BCUT2D eigenvalue weighted by atomic mass is 10.1. The van der Waals surface area contributed by atoms with Crippen molar-refractivity contribution in [2.75, 3.05) is 13.2 Å². The van der Waals surface area contributed by atoms with Gasteiger partial charge in [-0.3, -0.25) is 9.59 Å². The fraction of sp³-hybridized carbons (Fsp3) is 0.250. The number of fused-ring (bicyclic) bond motifs is 2. The van der Waals surface area contributed by atoms with Crippen molar-refractivity contribution in [1.29, 1.82) is 0 Å². The summed E-state index contributed by atoms with van der Waals surface area (Å²) in [5, 5.41) is 1.74. The average molecular weight is 440 g/mol. The summed E-state index contributed by atoms with van der Waals surface area (Å²) >= 11 is 0. The van der Waals surface area contributed by atoms with E-state index in [1.807, 2.05) is 13.8 Å². The Kier molecular flexibility index (Phi) is 6.16. The van der Waals surface area contributed by atoms with E-state index in [1.165, 1.54) is 34.9 Å². The fourth-order valence-corrected chi connectivity index (χ4v) is 3.78. The molecule has 1 aliphatic heterocycles. The Morgan fingerprint density at radius 2 is 1.53 bits per heavy atom. The van der Waals surface area contributed by atoms with E-state index in [2.05, 4.69) is 4.98 Å². The van der Waals surface area contributed by atoms with Crippen molar-refractivity contribution in [2.24, 2.45) is 0 Å². The van der Waals surface area contributed by atoms with Crippen LogP contribution in [0, 0.1) is 25.5 Å². The zero-order valence-corrected chi connectivity index (χ0v) is 17.7. The highest BCUT2D eigenvalue weighted by Gasteiger charge is 2.18. The predicted octanol–water partition coefficient (Wildman–Crippen LogP) is 3.80. The smallest absolute Gasteiger partial charge is 0.251 e. The predicted molar refractivity (Wildman–Crippen MR) is 118 cm³/mol. The number of nitrogens with one attached hydrogen (secondary N) is 1. The Bertz CT molecular complexity index is 1410. The van der Waals surface area contributed by atoms with Crippen LogP contribution in [0.15, 0.2) is 58.1 Å². The largest absolute Gasteiger partial charge is 0.348 e. The zero-order valence-electron chi connectivity index (χ0n) is 17.7. The second-order valence-electron chi connectivity index (χ2n) is 7.62. The van der Waals surface area contributed by atoms with Crippen LogP contribution in [0.25, 0.3) is 21.8 Å². The standard InChI is InChI=1S/C14H14FNO3.C10H8FNO/c1-9-6-13(17)16(8-14-18-4-5-19-14)12-7-10(15)2-3-11(9)12;1-6-4-10(13)12-9-5-7(11)2-3-8(6)9/h2-3,6-7,14H,4-5,8H2,1H3;2-5H,1H3,(H,12,13). The average Bonchev–Trinajstić information content (AvgIpc) is 3.24. The van der Waals surface area contributed by atoms with Gasteiger partial charge in [0.1, 0.15) is 11.6 Å². The van der Waals surface area contributed by atoms with E-state index in [9.17, 15) is 18.4 Å². The lowest BCUT2D eigenvalue weighted by Crippen LogP contribution is -2.27. The summed E-state index contributed by atoms with van der Waals surface area (Å²) in [5.74, 6) is -0.701. The van der Waals surface area contributed by atoms with Gasteiger partial charge in [-0.15, -0.1) is 0 Å². The van der Waals surface area contributed by atoms with Crippen LogP contribution in [0.3, 0.4) is 0 Å². The number of rotatable bonds is 2. The number of hydrogen-bond acceptors (Lipinski definition) is 4. The number of ether oxygens (including phenoxy) is 2. The molecule has 6 nitrogen and oxygen atoms in total. The number of benzene rings is 2. The van der Waals surface area contributed by atoms with Gasteiger partial charge in [0.2, 0.25) is 5.56 Å². The number of aryl methyl sites for hydroxylation is 2. The monoisotopic (exact) mass is 440 g/mol. The summed E-state index contributed by atoms with van der Waals surface area (Å²) in [6.45, 7) is 5.00. The summed E-state index contributed by atoms with van der Waals surface area (Å²) in [7, 11) is 0. The summed E-state index contributed by atoms with van der Waals surface area (Å²) in [5.41, 5.74) is 2.45. The molecular formula is C24H22F2N2O4. The SMILES string of the molecule is Cc1cc(=O)[nH]c2cc(F)ccc12.Cc1cc(=O)n(CC2OCCO2)c2cc(F)ccc12. The molecule has 8 heteroatoms. The maximum Gasteiger partial charge on any atom is 0.251 e. The molecular weight excluding hydrogens is 418 g/mol. The van der Waals surface area contributed by atoms with Gasteiger partial charge in [-0.05, 0) is 61.4 Å². The molecule has 166 valence electrons. The van der Waals surface area contributed by atoms with Gasteiger partial charge in [0.15, 0.2) is 6.29 Å². The van der Waals surface area contributed by atoms with E-state index in [0.29, 0.717) is 24.2 Å². The van der Waals surface area contributed by atoms with E-state index in [-0.39, 0.29) is 29.3 Å². The van der Waals surface area contributed by atoms with Crippen molar-refractivity contribution in [3.8, 4) is 0 Å². The van der Waals surface area contributed by atoms with Gasteiger partial charge in [-0.25, -0.2) is 8.78 Å². The first-order valence-electron chi connectivity index (χ1n) is 10.1. The highest BCUT2D eigenvalue weighted by atomic mass is 19.1. The molecule has 5 rings (SSSR count). The zero-order chi connectivity index (χ0) is 22.8. The molecule has 3 heterocycles.